The Morgan fingerprint density at radius 2 is 0.815 bits per heavy atom. The van der Waals surface area contributed by atoms with Crippen LogP contribution in [0.4, 0.5) is 0 Å². The summed E-state index contributed by atoms with van der Waals surface area (Å²) in [6, 6.07) is 0. The van der Waals surface area contributed by atoms with Crippen LogP contribution in [0, 0.1) is 0 Å². The molecule has 28 N–H and O–H groups in total. The zero-order valence-electron chi connectivity index (χ0n) is 13.3. The van der Waals surface area contributed by atoms with E-state index in [4.69, 9.17) is 0 Å². The molecule has 1 fully saturated rings. The van der Waals surface area contributed by atoms with Crippen LogP contribution in [-0.2, 0) is 30.8 Å². The molecule has 0 unspecified atom stereocenters. The molecule has 178 valence electrons. The monoisotopic (exact) mass is 502 g/mol. The molecule has 0 radical (unpaired) electrons. The molecule has 27 heavy (non-hydrogen) atoms. The summed E-state index contributed by atoms with van der Waals surface area (Å²) in [6.07, 6.45) is 0. The fraction of sp³-hybridized carbons (Fsp3) is 0. The van der Waals surface area contributed by atoms with Gasteiger partial charge >= 0.3 is 78.5 Å². The quantitative estimate of drug-likeness (QED) is 0.150. The normalized spacial score (nSPS) is 7.81. The third-order valence-electron chi connectivity index (χ3n) is 0.770. The van der Waals surface area contributed by atoms with Gasteiger partial charge in [-0.15, -0.1) is 0 Å². The van der Waals surface area contributed by atoms with Gasteiger partial charge in [0, 0.05) is 0 Å². The summed E-state index contributed by atoms with van der Waals surface area (Å²) in [5, 5.41) is 0. The number of carbonyl (C=O) groups is 2. The largest absolute Gasteiger partial charge is 1.12 e. The van der Waals surface area contributed by atoms with Crippen LogP contribution in [-0.4, -0.2) is 117 Å². The molecule has 1 aliphatic rings. The predicted octanol–water partition coefficient (Wildman–Crippen LogP) is -17.0. The zero-order chi connectivity index (χ0) is 9.35. The van der Waals surface area contributed by atoms with Gasteiger partial charge in [0.05, 0.1) is 0 Å². The fourth-order valence-electron chi connectivity index (χ4n) is 0.431. The van der Waals surface area contributed by atoms with E-state index in [9.17, 15) is 22.6 Å². The maximum atomic E-state index is 10.2. The topological polar surface area (TPSA) is 560 Å². The summed E-state index contributed by atoms with van der Waals surface area (Å²) in [5.41, 5.74) is 0. The molecule has 1 heterocycles. The Morgan fingerprint density at radius 1 is 0.630 bits per heavy atom. The molecule has 0 saturated carbocycles. The van der Waals surface area contributed by atoms with Crippen molar-refractivity contribution in [1.82, 2.24) is 0 Å². The third-order valence-corrected chi connectivity index (χ3v) is 3.15. The van der Waals surface area contributed by atoms with Gasteiger partial charge in [0.2, 0.25) is 0 Å². The summed E-state index contributed by atoms with van der Waals surface area (Å²) in [5.74, 6) is -2.70. The number of rotatable bonds is 2. The van der Waals surface area contributed by atoms with Crippen LogP contribution < -0.4 is 51.4 Å². The Bertz CT molecular complexity index is 311. The Kier molecular flexibility index (Phi) is 231. The van der Waals surface area contributed by atoms with Crippen LogP contribution in [0.5, 0.6) is 0 Å². The number of hydrogen-bond donors (Lipinski definition) is 0. The van der Waals surface area contributed by atoms with Crippen molar-refractivity contribution in [1.29, 1.82) is 0 Å². The molecule has 0 aromatic carbocycles. The minimum Gasteiger partial charge on any atom is -0.727 e. The summed E-state index contributed by atoms with van der Waals surface area (Å²) < 4.78 is 41.2. The maximum Gasteiger partial charge on any atom is 1.12 e. The average Bonchev–Trinajstić information content (AvgIpc) is 2.07. The summed E-state index contributed by atoms with van der Waals surface area (Å²) in [6.45, 7) is 0. The first-order valence-corrected chi connectivity index (χ1v) is 5.19. The minimum absolute atomic E-state index is 0. The van der Waals surface area contributed by atoms with E-state index in [1.807, 2.05) is 0 Å². The molecule has 0 aromatic rings. The Labute approximate surface area is 197 Å². The van der Waals surface area contributed by atoms with Crippen LogP contribution in [0.2, 0.25) is 0 Å². The summed E-state index contributed by atoms with van der Waals surface area (Å²) in [7, 11) is -5.00. The van der Waals surface area contributed by atoms with Crippen LogP contribution >= 0.6 is 0 Å². The maximum absolute atomic E-state index is 10.2. The standard InChI is InChI=1S/C2H2O4.Al.K.H2O4S.14H2O/c3-1(4)2(5)6;;;1-5(2,3)4;;;;;;;;;;;;;;/h(H,3,4)(H,5,6);;;(H2,1,2,3,4);14*1H2/q;+3;+1;;;;;;;;;;;;;;;/p-4. The van der Waals surface area contributed by atoms with E-state index in [-0.39, 0.29) is 128 Å². The molecule has 0 spiro atoms. The van der Waals surface area contributed by atoms with E-state index in [1.165, 1.54) is 0 Å². The van der Waals surface area contributed by atoms with Gasteiger partial charge in [0.25, 0.3) is 0 Å². The van der Waals surface area contributed by atoms with Crippen molar-refractivity contribution in [2.24, 2.45) is 0 Å². The van der Waals surface area contributed by atoms with Gasteiger partial charge in [-0.05, 0) is 0 Å². The molecule has 0 atom stereocenters. The third kappa shape index (κ3) is 51.9. The Morgan fingerprint density at radius 3 is 0.963 bits per heavy atom. The van der Waals surface area contributed by atoms with Crippen molar-refractivity contribution in [3.8, 4) is 0 Å². The van der Waals surface area contributed by atoms with Crippen molar-refractivity contribution in [2.75, 3.05) is 0 Å². The molecule has 0 bridgehead atoms. The first-order valence-electron chi connectivity index (χ1n) is 2.44. The van der Waals surface area contributed by atoms with Gasteiger partial charge in [-0.3, -0.25) is 0 Å². The van der Waals surface area contributed by atoms with E-state index < -0.39 is 37.5 Å². The van der Waals surface area contributed by atoms with Crippen molar-refractivity contribution in [3.05, 3.63) is 0 Å². The van der Waals surface area contributed by atoms with E-state index in [1.54, 1.807) is 0 Å². The van der Waals surface area contributed by atoms with Crippen LogP contribution in [0.1, 0.15) is 0 Å². The Balaban J connectivity index is -0.00000000738. The average molecular weight is 502 g/mol. The molecule has 0 aliphatic carbocycles. The fourth-order valence-corrected chi connectivity index (χ4v) is 2.10. The van der Waals surface area contributed by atoms with E-state index >= 15 is 0 Å². The first kappa shape index (κ1) is 124. The molecule has 0 aromatic heterocycles. The van der Waals surface area contributed by atoms with E-state index in [0.717, 1.165) is 0 Å². The van der Waals surface area contributed by atoms with Crippen molar-refractivity contribution >= 4 is 37.5 Å². The molecule has 1 saturated heterocycles. The van der Waals surface area contributed by atoms with Crippen molar-refractivity contribution in [2.45, 2.75) is 0 Å². The Hall–Kier alpha value is 0.419. The summed E-state index contributed by atoms with van der Waals surface area (Å²) >= 11 is -3.42. The van der Waals surface area contributed by atoms with Gasteiger partial charge in [0.15, 0.2) is 10.4 Å². The SMILES string of the molecule is O.O.O.O.O.O.O.O.O.O.O.O.O.O.O=C1[O][Al]([O]S(=O)(=O)[O-])[O]C1=O.[K+]. The van der Waals surface area contributed by atoms with Crippen LogP contribution in [0.15, 0.2) is 0 Å². The molecule has 1 rings (SSSR count). The van der Waals surface area contributed by atoms with Crippen LogP contribution in [0.3, 0.4) is 0 Å². The number of carbonyl (C=O) groups excluding carboxylic acids is 2. The summed E-state index contributed by atoms with van der Waals surface area (Å²) in [4.78, 5) is 20.5. The second-order valence-electron chi connectivity index (χ2n) is 1.60. The van der Waals surface area contributed by atoms with Gasteiger partial charge in [0.1, 0.15) is 0 Å². The molecule has 0 amide bonds. The number of hydrogen-bond acceptors (Lipinski definition) is 8. The van der Waals surface area contributed by atoms with Crippen LogP contribution in [0.25, 0.3) is 0 Å². The van der Waals surface area contributed by atoms with Gasteiger partial charge < -0.3 is 92.0 Å². The first-order chi connectivity index (χ1) is 5.38. The second-order valence-corrected chi connectivity index (χ2v) is 4.24. The zero-order valence-corrected chi connectivity index (χ0v) is 18.3. The van der Waals surface area contributed by atoms with E-state index in [0.29, 0.717) is 0 Å². The molecule has 25 heteroatoms. The second kappa shape index (κ2) is 50.3. The molecular weight excluding hydrogens is 474 g/mol. The predicted molar refractivity (Wildman–Crippen MR) is 79.3 cm³/mol. The molecular formula is C2H28AlKO22S. The van der Waals surface area contributed by atoms with Crippen molar-refractivity contribution < 1.29 is 161 Å². The molecule has 1 aliphatic heterocycles. The minimum atomic E-state index is -5.00. The van der Waals surface area contributed by atoms with Gasteiger partial charge in [-0.1, -0.05) is 0 Å². The van der Waals surface area contributed by atoms with E-state index in [2.05, 4.69) is 10.8 Å². The van der Waals surface area contributed by atoms with Gasteiger partial charge in [-0.25, -0.2) is 18.0 Å². The smallest absolute Gasteiger partial charge is 0.727 e. The van der Waals surface area contributed by atoms with Gasteiger partial charge in [-0.2, -0.15) is 0 Å². The van der Waals surface area contributed by atoms with Crippen molar-refractivity contribution in [3.63, 3.8) is 0 Å². The molecule has 22 nitrogen and oxygen atoms in total.